The Balaban J connectivity index is 1.63. The smallest absolute Gasteiger partial charge is 0.201 e. The molecular formula is C26H27NO9. The lowest BCUT2D eigenvalue weighted by molar-refractivity contribution is -0.247. The van der Waals surface area contributed by atoms with E-state index in [4.69, 9.17) is 15.2 Å². The van der Waals surface area contributed by atoms with Gasteiger partial charge >= 0.3 is 0 Å². The summed E-state index contributed by atoms with van der Waals surface area (Å²) in [6.45, 7) is 2.86. The van der Waals surface area contributed by atoms with Gasteiger partial charge in [0.2, 0.25) is 5.78 Å². The number of phenolic OH excluding ortho intramolecular Hbond substituents is 2. The Morgan fingerprint density at radius 1 is 1.17 bits per heavy atom. The van der Waals surface area contributed by atoms with Gasteiger partial charge in [-0.15, -0.1) is 0 Å². The molecule has 1 fully saturated rings. The second-order valence-corrected chi connectivity index (χ2v) is 9.83. The molecule has 190 valence electrons. The minimum absolute atomic E-state index is 0.00516. The van der Waals surface area contributed by atoms with Crippen molar-refractivity contribution in [2.45, 2.75) is 69.4 Å². The van der Waals surface area contributed by atoms with Crippen LogP contribution in [-0.2, 0) is 20.7 Å². The zero-order valence-electron chi connectivity index (χ0n) is 19.7. The number of hydrogen-bond donors (Lipinski definition) is 5. The van der Waals surface area contributed by atoms with Crippen molar-refractivity contribution in [2.24, 2.45) is 5.73 Å². The first-order valence-electron chi connectivity index (χ1n) is 11.7. The fourth-order valence-corrected chi connectivity index (χ4v) is 5.43. The number of aliphatic hydroxyl groups is 2. The van der Waals surface area contributed by atoms with Gasteiger partial charge in [-0.25, -0.2) is 0 Å². The number of aliphatic hydroxyl groups excluding tert-OH is 1. The molecule has 0 radical (unpaired) electrons. The maximum Gasteiger partial charge on any atom is 0.201 e. The van der Waals surface area contributed by atoms with E-state index in [0.29, 0.717) is 0 Å². The fourth-order valence-electron chi connectivity index (χ4n) is 5.43. The molecule has 10 heteroatoms. The first-order valence-corrected chi connectivity index (χ1v) is 11.7. The van der Waals surface area contributed by atoms with Crippen molar-refractivity contribution < 1.29 is 44.3 Å². The first kappa shape index (κ1) is 24.5. The SMILES string of the molecule is CC(=O)[C@]1(O)Cc2cc3c(c(O)c2[C@@H](OC2CC(N)C(O)C(C)O2)C1)C(=O)c1c(O)cccc1C3=O. The van der Waals surface area contributed by atoms with Crippen LogP contribution in [0.2, 0.25) is 0 Å². The Morgan fingerprint density at radius 3 is 2.56 bits per heavy atom. The lowest BCUT2D eigenvalue weighted by Crippen LogP contribution is -2.52. The van der Waals surface area contributed by atoms with Crippen LogP contribution in [0.5, 0.6) is 11.5 Å². The van der Waals surface area contributed by atoms with Crippen molar-refractivity contribution in [2.75, 3.05) is 0 Å². The zero-order chi connectivity index (χ0) is 26.1. The quantitative estimate of drug-likeness (QED) is 0.351. The van der Waals surface area contributed by atoms with Crippen LogP contribution < -0.4 is 5.73 Å². The molecule has 0 aromatic heterocycles. The van der Waals surface area contributed by atoms with Crippen LogP contribution in [0.4, 0.5) is 0 Å². The van der Waals surface area contributed by atoms with Crippen LogP contribution in [0.3, 0.4) is 0 Å². The molecule has 1 saturated heterocycles. The van der Waals surface area contributed by atoms with Gasteiger partial charge in [0.25, 0.3) is 0 Å². The molecule has 0 amide bonds. The minimum Gasteiger partial charge on any atom is -0.507 e. The number of hydrogen-bond acceptors (Lipinski definition) is 10. The Labute approximate surface area is 206 Å². The fraction of sp³-hybridized carbons (Fsp3) is 0.423. The number of ether oxygens (including phenoxy) is 2. The van der Waals surface area contributed by atoms with Gasteiger partial charge in [0, 0.05) is 42.0 Å². The number of phenols is 2. The van der Waals surface area contributed by atoms with E-state index >= 15 is 0 Å². The molecule has 0 saturated carbocycles. The summed E-state index contributed by atoms with van der Waals surface area (Å²) in [6, 6.07) is 4.87. The molecule has 0 spiro atoms. The molecule has 2 aromatic carbocycles. The van der Waals surface area contributed by atoms with E-state index in [1.54, 1.807) is 6.92 Å². The molecule has 5 rings (SSSR count). The molecular weight excluding hydrogens is 470 g/mol. The molecule has 1 heterocycles. The third-order valence-electron chi connectivity index (χ3n) is 7.46. The van der Waals surface area contributed by atoms with E-state index in [0.717, 1.165) is 0 Å². The molecule has 10 nitrogen and oxygen atoms in total. The van der Waals surface area contributed by atoms with E-state index in [1.165, 1.54) is 31.2 Å². The highest BCUT2D eigenvalue weighted by atomic mass is 16.7. The number of ketones is 3. The van der Waals surface area contributed by atoms with Crippen molar-refractivity contribution in [1.82, 2.24) is 0 Å². The van der Waals surface area contributed by atoms with Gasteiger partial charge in [0.1, 0.15) is 17.1 Å². The number of carbonyl (C=O) groups excluding carboxylic acids is 3. The minimum atomic E-state index is -1.85. The second-order valence-electron chi connectivity index (χ2n) is 9.83. The molecule has 2 aromatic rings. The molecule has 36 heavy (non-hydrogen) atoms. The van der Waals surface area contributed by atoms with E-state index in [1.807, 2.05) is 0 Å². The molecule has 0 bridgehead atoms. The van der Waals surface area contributed by atoms with Gasteiger partial charge in [-0.2, -0.15) is 0 Å². The van der Waals surface area contributed by atoms with Gasteiger partial charge in [-0.3, -0.25) is 14.4 Å². The summed E-state index contributed by atoms with van der Waals surface area (Å²) in [6.07, 6.45) is -3.91. The maximum absolute atomic E-state index is 13.3. The van der Waals surface area contributed by atoms with Crippen LogP contribution in [0.25, 0.3) is 0 Å². The number of Topliss-reactive ketones (excluding diaryl/α,β-unsaturated/α-hetero) is 1. The Bertz CT molecular complexity index is 1290. The Hall–Kier alpha value is -3.15. The molecule has 6 atom stereocenters. The predicted molar refractivity (Wildman–Crippen MR) is 124 cm³/mol. The maximum atomic E-state index is 13.3. The van der Waals surface area contributed by atoms with Crippen LogP contribution >= 0.6 is 0 Å². The highest BCUT2D eigenvalue weighted by Gasteiger charge is 2.47. The molecule has 3 aliphatic rings. The van der Waals surface area contributed by atoms with E-state index in [2.05, 4.69) is 0 Å². The van der Waals surface area contributed by atoms with Crippen molar-refractivity contribution >= 4 is 17.3 Å². The van der Waals surface area contributed by atoms with Gasteiger partial charge in [0.05, 0.1) is 29.4 Å². The van der Waals surface area contributed by atoms with Crippen LogP contribution in [-0.4, -0.2) is 67.9 Å². The van der Waals surface area contributed by atoms with Crippen LogP contribution in [0.15, 0.2) is 24.3 Å². The van der Waals surface area contributed by atoms with Gasteiger partial charge in [-0.1, -0.05) is 12.1 Å². The third kappa shape index (κ3) is 3.64. The molecule has 1 aliphatic heterocycles. The number of carbonyl (C=O) groups is 3. The average molecular weight is 498 g/mol. The monoisotopic (exact) mass is 497 g/mol. The number of benzene rings is 2. The highest BCUT2D eigenvalue weighted by Crippen LogP contribution is 2.48. The summed E-state index contributed by atoms with van der Waals surface area (Å²) in [5, 5.41) is 42.8. The van der Waals surface area contributed by atoms with E-state index < -0.39 is 59.3 Å². The Kier molecular flexibility index (Phi) is 5.77. The topological polar surface area (TPSA) is 177 Å². The highest BCUT2D eigenvalue weighted by molar-refractivity contribution is 6.30. The van der Waals surface area contributed by atoms with Gasteiger partial charge in [0.15, 0.2) is 17.9 Å². The summed E-state index contributed by atoms with van der Waals surface area (Å²) in [5.41, 5.74) is 4.00. The predicted octanol–water partition coefficient (Wildman–Crippen LogP) is 1.02. The first-order chi connectivity index (χ1) is 16.9. The number of nitrogens with two attached hydrogens (primary N) is 1. The zero-order valence-corrected chi connectivity index (χ0v) is 19.7. The van der Waals surface area contributed by atoms with Crippen molar-refractivity contribution in [3.8, 4) is 11.5 Å². The summed E-state index contributed by atoms with van der Waals surface area (Å²) in [4.78, 5) is 39.0. The lowest BCUT2D eigenvalue weighted by Gasteiger charge is -2.42. The van der Waals surface area contributed by atoms with E-state index in [-0.39, 0.29) is 58.4 Å². The average Bonchev–Trinajstić information content (AvgIpc) is 2.80. The van der Waals surface area contributed by atoms with Crippen molar-refractivity contribution in [3.63, 3.8) is 0 Å². The molecule has 6 N–H and O–H groups in total. The second kappa shape index (κ2) is 8.46. The summed E-state index contributed by atoms with van der Waals surface area (Å²) >= 11 is 0. The number of fused-ring (bicyclic) bond motifs is 3. The third-order valence-corrected chi connectivity index (χ3v) is 7.46. The van der Waals surface area contributed by atoms with Crippen molar-refractivity contribution in [3.05, 3.63) is 57.6 Å². The molecule has 2 aliphatic carbocycles. The summed E-state index contributed by atoms with van der Waals surface area (Å²) in [5.74, 6) is -2.73. The Morgan fingerprint density at radius 2 is 1.89 bits per heavy atom. The number of rotatable bonds is 3. The molecule has 4 unspecified atom stereocenters. The normalized spacial score (nSPS) is 31.4. The van der Waals surface area contributed by atoms with E-state index in [9.17, 15) is 34.8 Å². The summed E-state index contributed by atoms with van der Waals surface area (Å²) in [7, 11) is 0. The van der Waals surface area contributed by atoms with Crippen molar-refractivity contribution in [1.29, 1.82) is 0 Å². The standard InChI is InChI=1S/C26H27NO9/c1-10-22(30)15(27)7-18(35-10)36-17-9-26(34,11(2)28)8-12-6-14-21(24(32)19(12)17)25(33)20-13(23(14)31)4-3-5-16(20)29/h3-6,10,15,17-18,22,29-30,32,34H,7-9,27H2,1-2H3/t10?,15?,17-,18?,22?,26-/m0/s1. The van der Waals surface area contributed by atoms with Crippen LogP contribution in [0.1, 0.15) is 75.8 Å². The number of aromatic hydroxyl groups is 2. The largest absolute Gasteiger partial charge is 0.507 e. The van der Waals surface area contributed by atoms with Gasteiger partial charge < -0.3 is 35.6 Å². The van der Waals surface area contributed by atoms with Crippen LogP contribution in [0, 0.1) is 0 Å². The van der Waals surface area contributed by atoms with Gasteiger partial charge in [-0.05, 0) is 31.5 Å². The lowest BCUT2D eigenvalue weighted by atomic mass is 9.72. The summed E-state index contributed by atoms with van der Waals surface area (Å²) < 4.78 is 11.8.